The molecule has 5 heteroatoms. The fourth-order valence-corrected chi connectivity index (χ4v) is 5.63. The van der Waals surface area contributed by atoms with E-state index in [0.717, 1.165) is 25.3 Å². The van der Waals surface area contributed by atoms with Crippen LogP contribution < -0.4 is 5.09 Å². The third-order valence-electron chi connectivity index (χ3n) is 1.19. The van der Waals surface area contributed by atoms with Crippen LogP contribution in [0.2, 0.25) is 0 Å². The zero-order valence-corrected chi connectivity index (χ0v) is 8.53. The highest BCUT2D eigenvalue weighted by molar-refractivity contribution is 8.68. The number of hydrogen-bond acceptors (Lipinski definition) is 3. The van der Waals surface area contributed by atoms with Gasteiger partial charge in [0.25, 0.3) is 0 Å². The van der Waals surface area contributed by atoms with Crippen LogP contribution in [0, 0.1) is 0 Å². The van der Waals surface area contributed by atoms with Crippen molar-refractivity contribution < 1.29 is 4.52 Å². The molecule has 0 aliphatic carbocycles. The summed E-state index contributed by atoms with van der Waals surface area (Å²) in [5, 5.41) is 3.26. The molecule has 60 valence electrons. The van der Waals surface area contributed by atoms with Crippen LogP contribution in [-0.2, 0) is 16.3 Å². The first-order chi connectivity index (χ1) is 4.77. The highest BCUT2D eigenvalue weighted by Gasteiger charge is 2.19. The Morgan fingerprint density at radius 2 is 2.60 bits per heavy atom. The first-order valence-electron chi connectivity index (χ1n) is 3.41. The first kappa shape index (κ1) is 9.01. The van der Waals surface area contributed by atoms with Gasteiger partial charge in [-0.3, -0.25) is 5.09 Å². The van der Waals surface area contributed by atoms with E-state index in [4.69, 9.17) is 16.3 Å². The summed E-state index contributed by atoms with van der Waals surface area (Å²) in [6, 6.07) is 0. The van der Waals surface area contributed by atoms with E-state index in [9.17, 15) is 0 Å². The van der Waals surface area contributed by atoms with Gasteiger partial charge in [-0.25, -0.2) is 0 Å². The summed E-state index contributed by atoms with van der Waals surface area (Å²) in [5.74, 6) is 1.05. The van der Waals surface area contributed by atoms with E-state index in [-0.39, 0.29) is 0 Å². The predicted molar refractivity (Wildman–Crippen MR) is 51.0 cm³/mol. The van der Waals surface area contributed by atoms with Crippen molar-refractivity contribution in [3.63, 3.8) is 0 Å². The molecule has 1 rings (SSSR count). The monoisotopic (exact) mass is 197 g/mol. The van der Waals surface area contributed by atoms with Crippen molar-refractivity contribution in [3.8, 4) is 0 Å². The third-order valence-corrected chi connectivity index (χ3v) is 7.07. The van der Waals surface area contributed by atoms with Gasteiger partial charge in [-0.05, 0) is 24.0 Å². The van der Waals surface area contributed by atoms with E-state index in [1.54, 1.807) is 11.4 Å². The average Bonchev–Trinajstić information content (AvgIpc) is 1.89. The van der Waals surface area contributed by atoms with Crippen molar-refractivity contribution in [3.05, 3.63) is 0 Å². The lowest BCUT2D eigenvalue weighted by Gasteiger charge is -2.26. The molecule has 1 aliphatic rings. The van der Waals surface area contributed by atoms with E-state index >= 15 is 0 Å². The Labute approximate surface area is 71.0 Å². The Hall–Kier alpha value is 0.920. The molecular weight excluding hydrogens is 185 g/mol. The Bertz CT molecular complexity index is 134. The molecule has 0 saturated carbocycles. The second-order valence-corrected chi connectivity index (χ2v) is 8.97. The second kappa shape index (κ2) is 4.07. The normalized spacial score (nSPS) is 34.1. The fraction of sp³-hybridized carbons (Fsp3) is 1.00. The van der Waals surface area contributed by atoms with Crippen molar-refractivity contribution in [1.29, 1.82) is 0 Å². The van der Waals surface area contributed by atoms with Crippen molar-refractivity contribution in [2.75, 3.05) is 18.9 Å². The van der Waals surface area contributed by atoms with Gasteiger partial charge in [0, 0.05) is 6.54 Å². The van der Waals surface area contributed by atoms with Crippen LogP contribution in [-0.4, -0.2) is 18.9 Å². The summed E-state index contributed by atoms with van der Waals surface area (Å²) in [6.45, 7) is 3.99. The van der Waals surface area contributed by atoms with Gasteiger partial charge in [0.1, 0.15) is 0 Å². The lowest BCUT2D eigenvalue weighted by atomic mass is 10.5. The number of hydrogen-bond donors (Lipinski definition) is 1. The van der Waals surface area contributed by atoms with Crippen LogP contribution in [0.25, 0.3) is 0 Å². The molecule has 1 N–H and O–H groups in total. The minimum absolute atomic E-state index is 0.845. The minimum atomic E-state index is -1.61. The van der Waals surface area contributed by atoms with E-state index < -0.39 is 5.62 Å². The van der Waals surface area contributed by atoms with E-state index in [1.807, 2.05) is 0 Å². The molecule has 1 unspecified atom stereocenters. The molecular formula is C5H12NOPS2. The summed E-state index contributed by atoms with van der Waals surface area (Å²) in [7, 11) is 0. The van der Waals surface area contributed by atoms with Gasteiger partial charge >= 0.3 is 0 Å². The molecule has 10 heavy (non-hydrogen) atoms. The highest BCUT2D eigenvalue weighted by Crippen LogP contribution is 2.57. The zero-order chi connectivity index (χ0) is 7.45. The molecule has 0 aromatic carbocycles. The number of nitrogens with one attached hydrogen (secondary N) is 1. The van der Waals surface area contributed by atoms with Crippen molar-refractivity contribution >= 4 is 28.8 Å². The quantitative estimate of drug-likeness (QED) is 0.683. The van der Waals surface area contributed by atoms with Gasteiger partial charge in [-0.2, -0.15) is 0 Å². The van der Waals surface area contributed by atoms with E-state index in [0.29, 0.717) is 0 Å². The highest BCUT2D eigenvalue weighted by atomic mass is 32.9. The minimum Gasteiger partial charge on any atom is -0.330 e. The largest absolute Gasteiger partial charge is 0.330 e. The second-order valence-electron chi connectivity index (χ2n) is 2.01. The van der Waals surface area contributed by atoms with Gasteiger partial charge in [-0.1, -0.05) is 18.3 Å². The summed E-state index contributed by atoms with van der Waals surface area (Å²) in [6.07, 6.45) is 1.10. The van der Waals surface area contributed by atoms with Crippen LogP contribution in [0.4, 0.5) is 0 Å². The predicted octanol–water partition coefficient (Wildman–Crippen LogP) is 1.97. The van der Waals surface area contributed by atoms with Gasteiger partial charge in [-0.15, -0.1) is 0 Å². The molecule has 0 spiro atoms. The lowest BCUT2D eigenvalue weighted by Crippen LogP contribution is -2.19. The van der Waals surface area contributed by atoms with E-state index in [1.165, 1.54) is 0 Å². The summed E-state index contributed by atoms with van der Waals surface area (Å²) < 4.78 is 5.48. The third kappa shape index (κ3) is 2.51. The van der Waals surface area contributed by atoms with Gasteiger partial charge in [0.05, 0.1) is 6.61 Å². The van der Waals surface area contributed by atoms with Crippen molar-refractivity contribution in [2.45, 2.75) is 13.3 Å². The van der Waals surface area contributed by atoms with Crippen LogP contribution >= 0.6 is 17.0 Å². The topological polar surface area (TPSA) is 21.3 Å². The fourth-order valence-electron chi connectivity index (χ4n) is 0.771. The summed E-state index contributed by atoms with van der Waals surface area (Å²) >= 11 is 7.04. The molecule has 2 nitrogen and oxygen atoms in total. The molecule has 0 amide bonds. The molecule has 1 fully saturated rings. The smallest absolute Gasteiger partial charge is 0.185 e. The Kier molecular flexibility index (Phi) is 3.67. The summed E-state index contributed by atoms with van der Waals surface area (Å²) in [5.41, 5.74) is -1.61. The molecule has 0 aromatic rings. The average molecular weight is 197 g/mol. The Morgan fingerprint density at radius 3 is 3.10 bits per heavy atom. The SMILES string of the molecule is CCSP1(=S)NCCCO1. The van der Waals surface area contributed by atoms with E-state index in [2.05, 4.69) is 12.0 Å². The Balaban J connectivity index is 2.41. The van der Waals surface area contributed by atoms with Crippen LogP contribution in [0.1, 0.15) is 13.3 Å². The molecule has 1 aliphatic heterocycles. The van der Waals surface area contributed by atoms with Gasteiger partial charge < -0.3 is 4.52 Å². The van der Waals surface area contributed by atoms with Gasteiger partial charge in [0.2, 0.25) is 0 Å². The molecule has 0 aromatic heterocycles. The maximum atomic E-state index is 5.48. The molecule has 1 heterocycles. The van der Waals surface area contributed by atoms with Crippen LogP contribution in [0.3, 0.4) is 0 Å². The molecule has 1 saturated heterocycles. The van der Waals surface area contributed by atoms with Crippen LogP contribution in [0.15, 0.2) is 0 Å². The summed E-state index contributed by atoms with van der Waals surface area (Å²) in [4.78, 5) is 0. The van der Waals surface area contributed by atoms with Crippen molar-refractivity contribution in [2.24, 2.45) is 0 Å². The van der Waals surface area contributed by atoms with Crippen molar-refractivity contribution in [1.82, 2.24) is 5.09 Å². The molecule has 1 atom stereocenters. The Morgan fingerprint density at radius 1 is 1.80 bits per heavy atom. The first-order valence-corrected chi connectivity index (χ1v) is 7.72. The molecule has 0 radical (unpaired) electrons. The maximum absolute atomic E-state index is 5.48. The lowest BCUT2D eigenvalue weighted by molar-refractivity contribution is 0.324. The standard InChI is InChI=1S/C5H12NOPS2/c1-2-10-8(9)6-4-3-5-7-8/h2-5H2,1H3,(H,6,9). The van der Waals surface area contributed by atoms with Crippen LogP contribution in [0.5, 0.6) is 0 Å². The molecule has 0 bridgehead atoms. The number of rotatable bonds is 2. The maximum Gasteiger partial charge on any atom is 0.185 e. The van der Waals surface area contributed by atoms with Gasteiger partial charge in [0.15, 0.2) is 5.62 Å². The zero-order valence-electron chi connectivity index (χ0n) is 6.00.